The maximum atomic E-state index is 12.7. The summed E-state index contributed by atoms with van der Waals surface area (Å²) in [6.07, 6.45) is 4.19. The molecule has 0 spiro atoms. The van der Waals surface area contributed by atoms with Gasteiger partial charge in [0.1, 0.15) is 0 Å². The minimum absolute atomic E-state index is 0.115. The van der Waals surface area contributed by atoms with Crippen molar-refractivity contribution in [3.05, 3.63) is 23.0 Å². The van der Waals surface area contributed by atoms with E-state index in [4.69, 9.17) is 0 Å². The first-order chi connectivity index (χ1) is 11.0. The van der Waals surface area contributed by atoms with Crippen LogP contribution in [0.5, 0.6) is 0 Å². The maximum Gasteiger partial charge on any atom is 0.252 e. The summed E-state index contributed by atoms with van der Waals surface area (Å²) in [6, 6.07) is 1.81. The van der Waals surface area contributed by atoms with Crippen molar-refractivity contribution in [1.29, 1.82) is 0 Å². The summed E-state index contributed by atoms with van der Waals surface area (Å²) in [5.74, 6) is -0.115. The molecule has 0 aromatic carbocycles. The van der Waals surface area contributed by atoms with E-state index in [2.05, 4.69) is 15.4 Å². The summed E-state index contributed by atoms with van der Waals surface area (Å²) in [6.45, 7) is 4.42. The van der Waals surface area contributed by atoms with Crippen molar-refractivity contribution >= 4 is 16.9 Å². The summed E-state index contributed by atoms with van der Waals surface area (Å²) in [5, 5.41) is 17.9. The Hall–Kier alpha value is -1.95. The van der Waals surface area contributed by atoms with E-state index in [1.807, 2.05) is 27.0 Å². The number of amides is 1. The standard InChI is InChI=1S/C17H24N4O2/c1-11-8-13(14-12(2)20-21(3)15(14)19-11)16(23)18-9-17(10-22)6-4-5-7-17/h8,22H,4-7,9-10H2,1-3H3,(H,18,23). The SMILES string of the molecule is Cc1cc(C(=O)NCC2(CO)CCCC2)c2c(C)nn(C)c2n1. The number of hydrogen-bond donors (Lipinski definition) is 2. The Morgan fingerprint density at radius 3 is 2.74 bits per heavy atom. The van der Waals surface area contributed by atoms with Gasteiger partial charge in [-0.25, -0.2) is 4.98 Å². The van der Waals surface area contributed by atoms with Gasteiger partial charge in [-0.2, -0.15) is 5.10 Å². The molecule has 1 aliphatic rings. The van der Waals surface area contributed by atoms with Crippen LogP contribution >= 0.6 is 0 Å². The lowest BCUT2D eigenvalue weighted by Crippen LogP contribution is -2.38. The summed E-state index contributed by atoms with van der Waals surface area (Å²) in [5.41, 5.74) is 2.79. The molecule has 0 radical (unpaired) electrons. The highest BCUT2D eigenvalue weighted by Crippen LogP contribution is 2.37. The third-order valence-corrected chi connectivity index (χ3v) is 4.96. The molecule has 0 saturated heterocycles. The second kappa shape index (κ2) is 5.92. The summed E-state index contributed by atoms with van der Waals surface area (Å²) in [7, 11) is 1.84. The fraction of sp³-hybridized carbons (Fsp3) is 0.588. The van der Waals surface area contributed by atoms with Crippen LogP contribution in [0.4, 0.5) is 0 Å². The van der Waals surface area contributed by atoms with Gasteiger partial charge in [0.15, 0.2) is 5.65 Å². The smallest absolute Gasteiger partial charge is 0.252 e. The highest BCUT2D eigenvalue weighted by Gasteiger charge is 2.33. The predicted octanol–water partition coefficient (Wildman–Crippen LogP) is 1.87. The topological polar surface area (TPSA) is 80.0 Å². The number of fused-ring (bicyclic) bond motifs is 1. The molecule has 3 rings (SSSR count). The number of pyridine rings is 1. The Kier molecular flexibility index (Phi) is 4.10. The van der Waals surface area contributed by atoms with Crippen LogP contribution in [0, 0.1) is 19.3 Å². The summed E-state index contributed by atoms with van der Waals surface area (Å²) < 4.78 is 1.71. The van der Waals surface area contributed by atoms with E-state index < -0.39 is 0 Å². The molecule has 0 unspecified atom stereocenters. The lowest BCUT2D eigenvalue weighted by Gasteiger charge is -2.26. The quantitative estimate of drug-likeness (QED) is 0.902. The number of aryl methyl sites for hydroxylation is 3. The van der Waals surface area contributed by atoms with Gasteiger partial charge < -0.3 is 10.4 Å². The summed E-state index contributed by atoms with van der Waals surface area (Å²) >= 11 is 0. The van der Waals surface area contributed by atoms with Crippen LogP contribution in [0.25, 0.3) is 11.0 Å². The van der Waals surface area contributed by atoms with Crippen LogP contribution in [0.1, 0.15) is 47.4 Å². The minimum Gasteiger partial charge on any atom is -0.396 e. The van der Waals surface area contributed by atoms with Crippen molar-refractivity contribution in [2.24, 2.45) is 12.5 Å². The van der Waals surface area contributed by atoms with Crippen LogP contribution in [0.3, 0.4) is 0 Å². The Morgan fingerprint density at radius 2 is 2.09 bits per heavy atom. The van der Waals surface area contributed by atoms with Gasteiger partial charge >= 0.3 is 0 Å². The normalized spacial score (nSPS) is 16.9. The molecule has 1 amide bonds. The largest absolute Gasteiger partial charge is 0.396 e. The highest BCUT2D eigenvalue weighted by atomic mass is 16.3. The zero-order valence-corrected chi connectivity index (χ0v) is 14.0. The number of aromatic nitrogens is 3. The Bertz CT molecular complexity index is 745. The van der Waals surface area contributed by atoms with E-state index in [-0.39, 0.29) is 17.9 Å². The van der Waals surface area contributed by atoms with Gasteiger partial charge in [-0.1, -0.05) is 12.8 Å². The number of nitrogens with one attached hydrogen (secondary N) is 1. The molecule has 2 heterocycles. The number of aliphatic hydroxyl groups excluding tert-OH is 1. The van der Waals surface area contributed by atoms with Gasteiger partial charge in [0.25, 0.3) is 5.91 Å². The Morgan fingerprint density at radius 1 is 1.39 bits per heavy atom. The fourth-order valence-corrected chi connectivity index (χ4v) is 3.63. The number of aliphatic hydroxyl groups is 1. The fourth-order valence-electron chi connectivity index (χ4n) is 3.63. The van der Waals surface area contributed by atoms with E-state index in [0.29, 0.717) is 12.1 Å². The molecule has 2 aromatic rings. The van der Waals surface area contributed by atoms with Gasteiger partial charge in [0.05, 0.1) is 23.3 Å². The van der Waals surface area contributed by atoms with Crippen molar-refractivity contribution in [2.45, 2.75) is 39.5 Å². The highest BCUT2D eigenvalue weighted by molar-refractivity contribution is 6.06. The first-order valence-electron chi connectivity index (χ1n) is 8.16. The zero-order valence-electron chi connectivity index (χ0n) is 14.0. The van der Waals surface area contributed by atoms with Gasteiger partial charge in [0.2, 0.25) is 0 Å². The molecular weight excluding hydrogens is 292 g/mol. The van der Waals surface area contributed by atoms with Crippen molar-refractivity contribution < 1.29 is 9.90 Å². The van der Waals surface area contributed by atoms with Crippen molar-refractivity contribution in [1.82, 2.24) is 20.1 Å². The first-order valence-corrected chi connectivity index (χ1v) is 8.16. The lowest BCUT2D eigenvalue weighted by molar-refractivity contribution is 0.0882. The molecule has 1 saturated carbocycles. The van der Waals surface area contributed by atoms with E-state index in [1.165, 1.54) is 0 Å². The predicted molar refractivity (Wildman–Crippen MR) is 88.3 cm³/mol. The number of hydrogen-bond acceptors (Lipinski definition) is 4. The number of nitrogens with zero attached hydrogens (tertiary/aromatic N) is 3. The molecule has 6 nitrogen and oxygen atoms in total. The number of rotatable bonds is 4. The van der Waals surface area contributed by atoms with E-state index >= 15 is 0 Å². The van der Waals surface area contributed by atoms with Crippen LogP contribution in [0.2, 0.25) is 0 Å². The average Bonchev–Trinajstić information content (AvgIpc) is 3.10. The third-order valence-electron chi connectivity index (χ3n) is 4.96. The molecule has 0 bridgehead atoms. The molecular formula is C17H24N4O2. The number of carbonyl (C=O) groups excluding carboxylic acids is 1. The van der Waals surface area contributed by atoms with Crippen LogP contribution in [-0.2, 0) is 7.05 Å². The Balaban J connectivity index is 1.89. The molecule has 1 fully saturated rings. The van der Waals surface area contributed by atoms with E-state index in [1.54, 1.807) is 4.68 Å². The minimum atomic E-state index is -0.152. The van der Waals surface area contributed by atoms with Gasteiger partial charge in [-0.05, 0) is 32.8 Å². The first kappa shape index (κ1) is 15.9. The third kappa shape index (κ3) is 2.83. The second-order valence-electron chi connectivity index (χ2n) is 6.77. The maximum absolute atomic E-state index is 12.7. The van der Waals surface area contributed by atoms with Crippen molar-refractivity contribution in [3.63, 3.8) is 0 Å². The van der Waals surface area contributed by atoms with Crippen molar-refractivity contribution in [3.8, 4) is 0 Å². The summed E-state index contributed by atoms with van der Waals surface area (Å²) in [4.78, 5) is 17.2. The Labute approximate surface area is 135 Å². The molecule has 6 heteroatoms. The zero-order chi connectivity index (χ0) is 16.6. The van der Waals surface area contributed by atoms with Gasteiger partial charge in [-0.15, -0.1) is 0 Å². The van der Waals surface area contributed by atoms with Crippen LogP contribution in [-0.4, -0.2) is 38.9 Å². The molecule has 0 atom stereocenters. The van der Waals surface area contributed by atoms with E-state index in [9.17, 15) is 9.90 Å². The molecule has 124 valence electrons. The lowest BCUT2D eigenvalue weighted by atomic mass is 9.87. The van der Waals surface area contributed by atoms with Crippen LogP contribution in [0.15, 0.2) is 6.07 Å². The molecule has 2 aromatic heterocycles. The van der Waals surface area contributed by atoms with Gasteiger partial charge in [0, 0.05) is 24.7 Å². The molecule has 2 N–H and O–H groups in total. The molecule has 23 heavy (non-hydrogen) atoms. The second-order valence-corrected chi connectivity index (χ2v) is 6.77. The molecule has 1 aliphatic carbocycles. The average molecular weight is 316 g/mol. The van der Waals surface area contributed by atoms with E-state index in [0.717, 1.165) is 48.1 Å². The van der Waals surface area contributed by atoms with Crippen LogP contribution < -0.4 is 5.32 Å². The van der Waals surface area contributed by atoms with Gasteiger partial charge in [-0.3, -0.25) is 9.48 Å². The molecule has 0 aliphatic heterocycles. The van der Waals surface area contributed by atoms with Crippen molar-refractivity contribution in [2.75, 3.05) is 13.2 Å². The number of carbonyl (C=O) groups is 1. The monoisotopic (exact) mass is 316 g/mol.